The van der Waals surface area contributed by atoms with Gasteiger partial charge in [0.25, 0.3) is 0 Å². The van der Waals surface area contributed by atoms with Crippen LogP contribution in [-0.4, -0.2) is 16.0 Å². The van der Waals surface area contributed by atoms with E-state index in [9.17, 15) is 9.18 Å². The first-order valence-electron chi connectivity index (χ1n) is 5.31. The van der Waals surface area contributed by atoms with Crippen LogP contribution in [0.25, 0.3) is 11.4 Å². The minimum absolute atomic E-state index is 0.134. The number of carbonyl (C=O) groups is 1. The van der Waals surface area contributed by atoms with Crippen molar-refractivity contribution in [1.29, 1.82) is 0 Å². The minimum atomic E-state index is -1.04. The number of halogens is 1. The molecule has 18 heavy (non-hydrogen) atoms. The number of amides is 1. The molecule has 1 amide bonds. The van der Waals surface area contributed by atoms with Crippen molar-refractivity contribution < 1.29 is 13.7 Å². The fraction of sp³-hybridized carbons (Fsp3) is 0.250. The molecule has 0 saturated carbocycles. The number of nitrogens with zero attached hydrogens (tertiary/aromatic N) is 2. The lowest BCUT2D eigenvalue weighted by Gasteiger charge is -2.13. The third-order valence-corrected chi connectivity index (χ3v) is 2.68. The van der Waals surface area contributed by atoms with Crippen molar-refractivity contribution in [1.82, 2.24) is 10.1 Å². The van der Waals surface area contributed by atoms with Gasteiger partial charge < -0.3 is 10.3 Å². The summed E-state index contributed by atoms with van der Waals surface area (Å²) in [6.07, 6.45) is 0. The quantitative estimate of drug-likeness (QED) is 0.896. The Kier molecular flexibility index (Phi) is 2.86. The molecule has 0 radical (unpaired) electrons. The van der Waals surface area contributed by atoms with Crippen molar-refractivity contribution in [3.05, 3.63) is 36.0 Å². The topological polar surface area (TPSA) is 82.0 Å². The summed E-state index contributed by atoms with van der Waals surface area (Å²) in [4.78, 5) is 15.4. The molecule has 1 heterocycles. The van der Waals surface area contributed by atoms with Gasteiger partial charge in [-0.15, -0.1) is 0 Å². The van der Waals surface area contributed by atoms with Crippen LogP contribution in [0.4, 0.5) is 4.39 Å². The summed E-state index contributed by atoms with van der Waals surface area (Å²) >= 11 is 0. The Morgan fingerprint density at radius 3 is 2.50 bits per heavy atom. The molecule has 0 spiro atoms. The SMILES string of the molecule is CC(C)(C(N)=O)c1nc(-c2ccc(F)cc2)no1. The van der Waals surface area contributed by atoms with Crippen molar-refractivity contribution in [3.8, 4) is 11.4 Å². The van der Waals surface area contributed by atoms with Gasteiger partial charge in [-0.25, -0.2) is 4.39 Å². The standard InChI is InChI=1S/C12H12FN3O2/c1-12(2,10(14)17)11-15-9(16-18-11)7-3-5-8(13)6-4-7/h3-6H,1-2H3,(H2,14,17). The van der Waals surface area contributed by atoms with Crippen LogP contribution in [0.3, 0.4) is 0 Å². The number of hydrogen-bond donors (Lipinski definition) is 1. The summed E-state index contributed by atoms with van der Waals surface area (Å²) in [5, 5.41) is 3.75. The molecule has 6 heteroatoms. The lowest BCUT2D eigenvalue weighted by molar-refractivity contribution is -0.123. The highest BCUT2D eigenvalue weighted by molar-refractivity contribution is 5.84. The normalized spacial score (nSPS) is 11.5. The zero-order chi connectivity index (χ0) is 13.3. The van der Waals surface area contributed by atoms with Gasteiger partial charge in [0.05, 0.1) is 0 Å². The van der Waals surface area contributed by atoms with Crippen LogP contribution in [-0.2, 0) is 10.2 Å². The van der Waals surface area contributed by atoms with E-state index in [2.05, 4.69) is 10.1 Å². The molecule has 5 nitrogen and oxygen atoms in total. The number of primary amides is 1. The summed E-state index contributed by atoms with van der Waals surface area (Å²) in [6.45, 7) is 3.19. The molecule has 0 atom stereocenters. The van der Waals surface area contributed by atoms with Crippen molar-refractivity contribution in [2.45, 2.75) is 19.3 Å². The van der Waals surface area contributed by atoms with Gasteiger partial charge in [0, 0.05) is 5.56 Å². The molecule has 2 rings (SSSR count). The molecule has 0 saturated heterocycles. The van der Waals surface area contributed by atoms with Gasteiger partial charge in [0.1, 0.15) is 11.2 Å². The highest BCUT2D eigenvalue weighted by Crippen LogP contribution is 2.24. The highest BCUT2D eigenvalue weighted by atomic mass is 19.1. The number of nitrogens with two attached hydrogens (primary N) is 1. The van der Waals surface area contributed by atoms with Crippen molar-refractivity contribution in [2.24, 2.45) is 5.73 Å². The Hall–Kier alpha value is -2.24. The van der Waals surface area contributed by atoms with E-state index in [1.54, 1.807) is 13.8 Å². The van der Waals surface area contributed by atoms with Crippen LogP contribution < -0.4 is 5.73 Å². The van der Waals surface area contributed by atoms with E-state index in [1.807, 2.05) is 0 Å². The van der Waals surface area contributed by atoms with E-state index in [1.165, 1.54) is 24.3 Å². The smallest absolute Gasteiger partial charge is 0.242 e. The molecule has 0 bridgehead atoms. The molecule has 0 unspecified atom stereocenters. The van der Waals surface area contributed by atoms with Gasteiger partial charge in [-0.3, -0.25) is 4.79 Å². The van der Waals surface area contributed by atoms with Gasteiger partial charge in [0.2, 0.25) is 17.6 Å². The van der Waals surface area contributed by atoms with Crippen LogP contribution in [0.2, 0.25) is 0 Å². The Bertz CT molecular complexity index is 575. The van der Waals surface area contributed by atoms with Gasteiger partial charge in [0.15, 0.2) is 0 Å². The molecule has 2 aromatic rings. The van der Waals surface area contributed by atoms with Gasteiger partial charge in [-0.05, 0) is 38.1 Å². The summed E-state index contributed by atoms with van der Waals surface area (Å²) in [5.74, 6) is -0.481. The number of benzene rings is 1. The van der Waals surface area contributed by atoms with Crippen molar-refractivity contribution in [3.63, 3.8) is 0 Å². The van der Waals surface area contributed by atoms with Crippen LogP contribution in [0, 0.1) is 5.82 Å². The average molecular weight is 249 g/mol. The molecule has 2 N–H and O–H groups in total. The first-order chi connectivity index (χ1) is 8.41. The molecule has 1 aromatic carbocycles. The second kappa shape index (κ2) is 4.21. The third-order valence-electron chi connectivity index (χ3n) is 2.68. The maximum absolute atomic E-state index is 12.8. The fourth-order valence-electron chi connectivity index (χ4n) is 1.30. The van der Waals surface area contributed by atoms with Gasteiger partial charge >= 0.3 is 0 Å². The van der Waals surface area contributed by atoms with Crippen LogP contribution in [0.1, 0.15) is 19.7 Å². The third kappa shape index (κ3) is 2.09. The van der Waals surface area contributed by atoms with Crippen LogP contribution in [0.5, 0.6) is 0 Å². The summed E-state index contributed by atoms with van der Waals surface area (Å²) < 4.78 is 17.8. The van der Waals surface area contributed by atoms with E-state index in [-0.39, 0.29) is 11.7 Å². The molecule has 94 valence electrons. The summed E-state index contributed by atoms with van der Waals surface area (Å²) in [6, 6.07) is 5.65. The molecular formula is C12H12FN3O2. The predicted octanol–water partition coefficient (Wildman–Crippen LogP) is 1.64. The number of carbonyl (C=O) groups excluding carboxylic acids is 1. The summed E-state index contributed by atoms with van der Waals surface area (Å²) in [5.41, 5.74) is 4.82. The van der Waals surface area contributed by atoms with Crippen molar-refractivity contribution in [2.75, 3.05) is 0 Å². The Morgan fingerprint density at radius 1 is 1.33 bits per heavy atom. The molecule has 0 aliphatic rings. The Morgan fingerprint density at radius 2 is 1.94 bits per heavy atom. The largest absolute Gasteiger partial charge is 0.369 e. The predicted molar refractivity (Wildman–Crippen MR) is 61.9 cm³/mol. The first kappa shape index (κ1) is 12.2. The van der Waals surface area contributed by atoms with E-state index in [4.69, 9.17) is 10.3 Å². The number of hydrogen-bond acceptors (Lipinski definition) is 4. The van der Waals surface area contributed by atoms with E-state index in [0.29, 0.717) is 11.4 Å². The second-order valence-electron chi connectivity index (χ2n) is 4.42. The minimum Gasteiger partial charge on any atom is -0.369 e. The fourth-order valence-corrected chi connectivity index (χ4v) is 1.30. The average Bonchev–Trinajstić information content (AvgIpc) is 2.79. The zero-order valence-electron chi connectivity index (χ0n) is 9.98. The van der Waals surface area contributed by atoms with E-state index in [0.717, 1.165) is 0 Å². The Balaban J connectivity index is 2.37. The maximum atomic E-state index is 12.8. The lowest BCUT2D eigenvalue weighted by atomic mass is 9.93. The molecular weight excluding hydrogens is 237 g/mol. The number of aromatic nitrogens is 2. The zero-order valence-corrected chi connectivity index (χ0v) is 9.98. The van der Waals surface area contributed by atoms with Crippen LogP contribution >= 0.6 is 0 Å². The lowest BCUT2D eigenvalue weighted by Crippen LogP contribution is -2.35. The molecule has 1 aromatic heterocycles. The molecule has 0 fully saturated rings. The summed E-state index contributed by atoms with van der Waals surface area (Å²) in [7, 11) is 0. The van der Waals surface area contributed by atoms with Crippen LogP contribution in [0.15, 0.2) is 28.8 Å². The maximum Gasteiger partial charge on any atom is 0.242 e. The van der Waals surface area contributed by atoms with E-state index < -0.39 is 11.3 Å². The van der Waals surface area contributed by atoms with E-state index >= 15 is 0 Å². The second-order valence-corrected chi connectivity index (χ2v) is 4.42. The van der Waals surface area contributed by atoms with Gasteiger partial charge in [-0.2, -0.15) is 4.98 Å². The first-order valence-corrected chi connectivity index (χ1v) is 5.31. The molecule has 0 aliphatic carbocycles. The monoisotopic (exact) mass is 249 g/mol. The highest BCUT2D eigenvalue weighted by Gasteiger charge is 2.34. The molecule has 0 aliphatic heterocycles. The number of rotatable bonds is 3. The Labute approximate surface area is 103 Å². The van der Waals surface area contributed by atoms with Crippen molar-refractivity contribution >= 4 is 5.91 Å². The van der Waals surface area contributed by atoms with Gasteiger partial charge in [-0.1, -0.05) is 5.16 Å².